The first kappa shape index (κ1) is 15.0. The molecule has 1 aliphatic heterocycles. The molecule has 0 bridgehead atoms. The van der Waals surface area contributed by atoms with Crippen LogP contribution in [0.15, 0.2) is 18.2 Å². The second-order valence-electron chi connectivity index (χ2n) is 4.91. The molecule has 0 radical (unpaired) electrons. The van der Waals surface area contributed by atoms with E-state index in [9.17, 15) is 4.79 Å². The van der Waals surface area contributed by atoms with Gasteiger partial charge < -0.3 is 4.90 Å². The van der Waals surface area contributed by atoms with E-state index in [1.165, 1.54) is 0 Å². The normalized spacial score (nSPS) is 18.4. The highest BCUT2D eigenvalue weighted by atomic mass is 35.5. The lowest BCUT2D eigenvalue weighted by atomic mass is 9.93. The number of benzene rings is 1. The number of rotatable bonds is 2. The maximum absolute atomic E-state index is 12.4. The summed E-state index contributed by atoms with van der Waals surface area (Å²) in [5, 5.41) is 0.908. The van der Waals surface area contributed by atoms with E-state index < -0.39 is 0 Å². The number of hydrogen-bond donors (Lipinski definition) is 0. The minimum Gasteiger partial charge on any atom is -0.339 e. The summed E-state index contributed by atoms with van der Waals surface area (Å²) in [7, 11) is 0. The second kappa shape index (κ2) is 6.34. The van der Waals surface area contributed by atoms with Gasteiger partial charge in [-0.3, -0.25) is 4.79 Å². The molecule has 0 aromatic heterocycles. The first-order chi connectivity index (χ1) is 9.00. The van der Waals surface area contributed by atoms with Gasteiger partial charge in [0.15, 0.2) is 0 Å². The summed E-state index contributed by atoms with van der Waals surface area (Å²) in [5.41, 5.74) is 0.478. The second-order valence-corrected chi connectivity index (χ2v) is 6.38. The van der Waals surface area contributed by atoms with Crippen LogP contribution in [0.5, 0.6) is 0 Å². The van der Waals surface area contributed by atoms with E-state index in [4.69, 9.17) is 34.8 Å². The Morgan fingerprint density at radius 2 is 1.95 bits per heavy atom. The van der Waals surface area contributed by atoms with Crippen molar-refractivity contribution < 1.29 is 4.79 Å². The van der Waals surface area contributed by atoms with Gasteiger partial charge in [-0.05, 0) is 37.8 Å². The highest BCUT2D eigenvalue weighted by molar-refractivity contribution is 6.43. The molecule has 0 spiro atoms. The van der Waals surface area contributed by atoms with E-state index in [0.717, 1.165) is 25.9 Å². The summed E-state index contributed by atoms with van der Waals surface area (Å²) in [6, 6.07) is 5.14. The Hall–Kier alpha value is -0.440. The molecule has 1 aromatic rings. The molecule has 5 heteroatoms. The third-order valence-electron chi connectivity index (χ3n) is 3.66. The van der Waals surface area contributed by atoms with E-state index >= 15 is 0 Å². The molecule has 0 aliphatic carbocycles. The maximum atomic E-state index is 12.4. The summed E-state index contributed by atoms with van der Waals surface area (Å²) in [6.07, 6.45) is 1.88. The van der Waals surface area contributed by atoms with Crippen molar-refractivity contribution in [2.24, 2.45) is 5.92 Å². The van der Waals surface area contributed by atoms with E-state index in [2.05, 4.69) is 0 Å². The van der Waals surface area contributed by atoms with Crippen molar-refractivity contribution >= 4 is 40.7 Å². The van der Waals surface area contributed by atoms with Crippen LogP contribution in [0.4, 0.5) is 0 Å². The van der Waals surface area contributed by atoms with Gasteiger partial charge in [0.25, 0.3) is 5.91 Å². The van der Waals surface area contributed by atoms with E-state index in [1.807, 2.05) is 11.8 Å². The molecular formula is C14H16Cl3NO. The van der Waals surface area contributed by atoms with E-state index in [0.29, 0.717) is 21.5 Å². The van der Waals surface area contributed by atoms with Gasteiger partial charge in [-0.15, -0.1) is 11.6 Å². The number of amides is 1. The van der Waals surface area contributed by atoms with Crippen LogP contribution in [0.1, 0.15) is 30.1 Å². The summed E-state index contributed by atoms with van der Waals surface area (Å²) >= 11 is 18.1. The van der Waals surface area contributed by atoms with Crippen molar-refractivity contribution in [1.29, 1.82) is 0 Å². The Labute approximate surface area is 128 Å². The zero-order valence-corrected chi connectivity index (χ0v) is 13.0. The number of likely N-dealkylation sites (tertiary alicyclic amines) is 1. The molecule has 1 unspecified atom stereocenters. The summed E-state index contributed by atoms with van der Waals surface area (Å²) in [6.45, 7) is 3.46. The fourth-order valence-corrected chi connectivity index (χ4v) is 3.03. The molecule has 104 valence electrons. The molecule has 1 aromatic carbocycles. The molecule has 0 N–H and O–H groups in total. The molecule has 1 fully saturated rings. The smallest absolute Gasteiger partial charge is 0.255 e. The van der Waals surface area contributed by atoms with Gasteiger partial charge in [-0.1, -0.05) is 29.3 Å². The van der Waals surface area contributed by atoms with Crippen LogP contribution in [0, 0.1) is 5.92 Å². The fourth-order valence-electron chi connectivity index (χ4n) is 2.40. The first-order valence-corrected chi connectivity index (χ1v) is 7.57. The van der Waals surface area contributed by atoms with Crippen LogP contribution in [-0.2, 0) is 0 Å². The minimum absolute atomic E-state index is 0.0480. The SMILES string of the molecule is CC(Cl)C1CCN(C(=O)c2cccc(Cl)c2Cl)CC1. The Bertz CT molecular complexity index is 468. The van der Waals surface area contributed by atoms with E-state index in [1.54, 1.807) is 18.2 Å². The third-order valence-corrected chi connectivity index (χ3v) is 4.83. The average molecular weight is 321 g/mol. The van der Waals surface area contributed by atoms with Crippen LogP contribution in [-0.4, -0.2) is 29.3 Å². The number of halogens is 3. The van der Waals surface area contributed by atoms with Crippen LogP contribution < -0.4 is 0 Å². The number of carbonyl (C=O) groups is 1. The molecule has 19 heavy (non-hydrogen) atoms. The van der Waals surface area contributed by atoms with Crippen molar-refractivity contribution in [3.8, 4) is 0 Å². The highest BCUT2D eigenvalue weighted by Gasteiger charge is 2.27. The molecule has 1 saturated heterocycles. The van der Waals surface area contributed by atoms with Gasteiger partial charge in [0.05, 0.1) is 15.6 Å². The number of alkyl halides is 1. The Kier molecular flexibility index (Phi) is 4.99. The zero-order valence-electron chi connectivity index (χ0n) is 10.7. The van der Waals surface area contributed by atoms with Crippen LogP contribution in [0.2, 0.25) is 10.0 Å². The van der Waals surface area contributed by atoms with E-state index in [-0.39, 0.29) is 11.3 Å². The third kappa shape index (κ3) is 3.36. The molecule has 1 aliphatic rings. The van der Waals surface area contributed by atoms with Crippen molar-refractivity contribution in [2.75, 3.05) is 13.1 Å². The molecular weight excluding hydrogens is 305 g/mol. The van der Waals surface area contributed by atoms with Gasteiger partial charge in [0, 0.05) is 18.5 Å². The fraction of sp³-hybridized carbons (Fsp3) is 0.500. The van der Waals surface area contributed by atoms with Gasteiger partial charge in [-0.2, -0.15) is 0 Å². The quantitative estimate of drug-likeness (QED) is 0.736. The maximum Gasteiger partial charge on any atom is 0.255 e. The molecule has 0 saturated carbocycles. The Morgan fingerprint density at radius 1 is 1.32 bits per heavy atom. The minimum atomic E-state index is -0.0480. The van der Waals surface area contributed by atoms with Crippen molar-refractivity contribution in [3.63, 3.8) is 0 Å². The van der Waals surface area contributed by atoms with Crippen LogP contribution in [0.3, 0.4) is 0 Å². The van der Waals surface area contributed by atoms with Crippen molar-refractivity contribution in [2.45, 2.75) is 25.1 Å². The lowest BCUT2D eigenvalue weighted by Gasteiger charge is -2.33. The standard InChI is InChI=1S/C14H16Cl3NO/c1-9(15)10-5-7-18(8-6-10)14(19)11-3-2-4-12(16)13(11)17/h2-4,9-10H,5-8H2,1H3. The lowest BCUT2D eigenvalue weighted by molar-refractivity contribution is 0.0690. The summed E-state index contributed by atoms with van der Waals surface area (Å²) in [5.74, 6) is 0.439. The zero-order chi connectivity index (χ0) is 14.0. The number of nitrogens with zero attached hydrogens (tertiary/aromatic N) is 1. The number of piperidine rings is 1. The Balaban J connectivity index is 2.07. The van der Waals surface area contributed by atoms with Crippen LogP contribution in [0.25, 0.3) is 0 Å². The number of hydrogen-bond acceptors (Lipinski definition) is 1. The number of carbonyl (C=O) groups excluding carboxylic acids is 1. The largest absolute Gasteiger partial charge is 0.339 e. The Morgan fingerprint density at radius 3 is 2.53 bits per heavy atom. The van der Waals surface area contributed by atoms with Crippen LogP contribution >= 0.6 is 34.8 Å². The van der Waals surface area contributed by atoms with Gasteiger partial charge >= 0.3 is 0 Å². The predicted octanol–water partition coefficient (Wildman–Crippen LogP) is 4.47. The van der Waals surface area contributed by atoms with Crippen molar-refractivity contribution in [3.05, 3.63) is 33.8 Å². The molecule has 2 rings (SSSR count). The molecule has 2 nitrogen and oxygen atoms in total. The summed E-state index contributed by atoms with van der Waals surface area (Å²) < 4.78 is 0. The molecule has 1 amide bonds. The lowest BCUT2D eigenvalue weighted by Crippen LogP contribution is -2.40. The van der Waals surface area contributed by atoms with Gasteiger partial charge in [-0.25, -0.2) is 0 Å². The van der Waals surface area contributed by atoms with Gasteiger partial charge in [0.1, 0.15) is 0 Å². The molecule has 1 atom stereocenters. The van der Waals surface area contributed by atoms with Gasteiger partial charge in [0.2, 0.25) is 0 Å². The highest BCUT2D eigenvalue weighted by Crippen LogP contribution is 2.29. The average Bonchev–Trinajstić information content (AvgIpc) is 2.41. The van der Waals surface area contributed by atoms with Crippen molar-refractivity contribution in [1.82, 2.24) is 4.90 Å². The monoisotopic (exact) mass is 319 g/mol. The topological polar surface area (TPSA) is 20.3 Å². The first-order valence-electron chi connectivity index (χ1n) is 6.38. The predicted molar refractivity (Wildman–Crippen MR) is 80.4 cm³/mol. The molecule has 1 heterocycles. The summed E-state index contributed by atoms with van der Waals surface area (Å²) in [4.78, 5) is 14.2.